The lowest BCUT2D eigenvalue weighted by atomic mass is 10.1. The number of hydrogen-bond donors (Lipinski definition) is 2. The van der Waals surface area contributed by atoms with Crippen LogP contribution in [0.25, 0.3) is 0 Å². The minimum Gasteiger partial charge on any atom is -0.457 e. The van der Waals surface area contributed by atoms with Crippen LogP contribution >= 0.6 is 0 Å². The Morgan fingerprint density at radius 3 is 1.80 bits per heavy atom. The van der Waals surface area contributed by atoms with Crippen molar-refractivity contribution >= 4 is 5.97 Å². The lowest BCUT2D eigenvalue weighted by Crippen LogP contribution is -2.25. The Morgan fingerprint density at radius 1 is 0.800 bits per heavy atom. The molecule has 0 atom stereocenters. The second-order valence-electron chi connectivity index (χ2n) is 6.81. The third kappa shape index (κ3) is 17.7. The third-order valence-corrected chi connectivity index (χ3v) is 4.35. The topological polar surface area (TPSA) is 66.8 Å². The highest BCUT2D eigenvalue weighted by Gasteiger charge is 2.11. The molecule has 0 spiro atoms. The average Bonchev–Trinajstić information content (AvgIpc) is 2.62. The minimum absolute atomic E-state index is 0.327. The van der Waals surface area contributed by atoms with Crippen LogP contribution in [0.4, 0.5) is 0 Å². The van der Waals surface area contributed by atoms with Crippen LogP contribution in [0, 0.1) is 0 Å². The Labute approximate surface area is 154 Å². The summed E-state index contributed by atoms with van der Waals surface area (Å²) in [6.45, 7) is 1.60. The molecular formula is C21H40O4. The lowest BCUT2D eigenvalue weighted by molar-refractivity contribution is -0.153. The third-order valence-electron chi connectivity index (χ3n) is 4.35. The van der Waals surface area contributed by atoms with Gasteiger partial charge >= 0.3 is 5.97 Å². The number of carbonyl (C=O) groups is 1. The number of rotatable bonds is 18. The summed E-state index contributed by atoms with van der Waals surface area (Å²) in [6.07, 6.45) is 20.2. The molecule has 0 aliphatic heterocycles. The van der Waals surface area contributed by atoms with Gasteiger partial charge in [0.15, 0.2) is 0 Å². The van der Waals surface area contributed by atoms with Gasteiger partial charge in [0, 0.05) is 6.42 Å². The molecule has 148 valence electrons. The zero-order valence-electron chi connectivity index (χ0n) is 16.3. The number of allylic oxidation sites excluding steroid dienone is 2. The number of carbonyl (C=O) groups excluding carboxylic acids is 1. The van der Waals surface area contributed by atoms with E-state index in [0.717, 1.165) is 25.7 Å². The fraction of sp³-hybridized carbons (Fsp3) is 0.857. The fourth-order valence-electron chi connectivity index (χ4n) is 2.72. The summed E-state index contributed by atoms with van der Waals surface area (Å²) in [4.78, 5) is 11.4. The molecule has 0 aliphatic rings. The van der Waals surface area contributed by atoms with Crippen molar-refractivity contribution in [2.24, 2.45) is 0 Å². The Kier molecular flexibility index (Phi) is 18.8. The van der Waals surface area contributed by atoms with Gasteiger partial charge in [-0.15, -0.1) is 0 Å². The number of ether oxygens (including phenoxy) is 1. The summed E-state index contributed by atoms with van der Waals surface area (Å²) in [5, 5.41) is 17.7. The van der Waals surface area contributed by atoms with E-state index in [1.165, 1.54) is 57.8 Å². The summed E-state index contributed by atoms with van der Waals surface area (Å²) in [5.74, 6) is -0.335. The highest BCUT2D eigenvalue weighted by Crippen LogP contribution is 2.10. The van der Waals surface area contributed by atoms with Crippen molar-refractivity contribution in [3.05, 3.63) is 12.2 Å². The van der Waals surface area contributed by atoms with Crippen LogP contribution in [0.3, 0.4) is 0 Å². The zero-order chi connectivity index (χ0) is 18.6. The molecule has 0 aliphatic carbocycles. The van der Waals surface area contributed by atoms with Crippen LogP contribution in [0.15, 0.2) is 12.2 Å². The molecule has 0 aromatic rings. The van der Waals surface area contributed by atoms with E-state index < -0.39 is 6.10 Å². The quantitative estimate of drug-likeness (QED) is 0.208. The van der Waals surface area contributed by atoms with Crippen LogP contribution in [0.2, 0.25) is 0 Å². The molecule has 4 nitrogen and oxygen atoms in total. The fourth-order valence-corrected chi connectivity index (χ4v) is 2.72. The van der Waals surface area contributed by atoms with E-state index in [1.54, 1.807) is 0 Å². The molecule has 4 heteroatoms. The highest BCUT2D eigenvalue weighted by atomic mass is 16.6. The molecule has 0 radical (unpaired) electrons. The molecule has 0 rings (SSSR count). The number of esters is 1. The monoisotopic (exact) mass is 356 g/mol. The molecule has 0 saturated heterocycles. The van der Waals surface area contributed by atoms with Gasteiger partial charge in [0.2, 0.25) is 0 Å². The molecule has 0 amide bonds. The maximum Gasteiger partial charge on any atom is 0.306 e. The molecule has 0 heterocycles. The van der Waals surface area contributed by atoms with Gasteiger partial charge in [-0.1, -0.05) is 70.4 Å². The van der Waals surface area contributed by atoms with E-state index in [9.17, 15) is 4.79 Å². The van der Waals surface area contributed by atoms with Crippen molar-refractivity contribution in [1.29, 1.82) is 0 Å². The number of unbranched alkanes of at least 4 members (excludes halogenated alkanes) is 11. The van der Waals surface area contributed by atoms with Crippen LogP contribution in [0.1, 0.15) is 96.8 Å². The van der Waals surface area contributed by atoms with Gasteiger partial charge < -0.3 is 14.9 Å². The highest BCUT2D eigenvalue weighted by molar-refractivity contribution is 5.69. The molecular weight excluding hydrogens is 316 g/mol. The number of hydrogen-bond acceptors (Lipinski definition) is 4. The molecule has 0 bridgehead atoms. The van der Waals surface area contributed by atoms with Crippen LogP contribution in [-0.2, 0) is 9.53 Å². The van der Waals surface area contributed by atoms with E-state index in [0.29, 0.717) is 6.42 Å². The lowest BCUT2D eigenvalue weighted by Gasteiger charge is -2.12. The minimum atomic E-state index is -0.772. The van der Waals surface area contributed by atoms with E-state index in [-0.39, 0.29) is 19.2 Å². The Morgan fingerprint density at radius 2 is 1.28 bits per heavy atom. The average molecular weight is 357 g/mol. The van der Waals surface area contributed by atoms with Crippen molar-refractivity contribution in [2.75, 3.05) is 13.2 Å². The van der Waals surface area contributed by atoms with E-state index in [4.69, 9.17) is 14.9 Å². The van der Waals surface area contributed by atoms with Gasteiger partial charge in [0.05, 0.1) is 13.2 Å². The summed E-state index contributed by atoms with van der Waals surface area (Å²) in [5.41, 5.74) is 0. The van der Waals surface area contributed by atoms with Gasteiger partial charge in [0.1, 0.15) is 6.10 Å². The Hall–Kier alpha value is -0.870. The molecule has 0 fully saturated rings. The SMILES string of the molecule is CCCCCCCCCC/C=C\CCCCCC(=O)OC(CO)CO. The second kappa shape index (κ2) is 19.5. The number of aliphatic hydroxyl groups is 2. The molecule has 2 N–H and O–H groups in total. The van der Waals surface area contributed by atoms with Gasteiger partial charge in [-0.3, -0.25) is 4.79 Å². The molecule has 0 aromatic carbocycles. The molecule has 25 heavy (non-hydrogen) atoms. The van der Waals surface area contributed by atoms with Gasteiger partial charge in [0.25, 0.3) is 0 Å². The van der Waals surface area contributed by atoms with Crippen molar-refractivity contribution < 1.29 is 19.7 Å². The van der Waals surface area contributed by atoms with Gasteiger partial charge in [-0.25, -0.2) is 0 Å². The largest absolute Gasteiger partial charge is 0.457 e. The first-order valence-corrected chi connectivity index (χ1v) is 10.3. The van der Waals surface area contributed by atoms with Crippen LogP contribution < -0.4 is 0 Å². The first-order valence-electron chi connectivity index (χ1n) is 10.3. The first kappa shape index (κ1) is 24.1. The van der Waals surface area contributed by atoms with Crippen molar-refractivity contribution in [3.8, 4) is 0 Å². The predicted molar refractivity (Wildman–Crippen MR) is 104 cm³/mol. The predicted octanol–water partition coefficient (Wildman–Crippen LogP) is 4.92. The molecule has 0 saturated carbocycles. The van der Waals surface area contributed by atoms with Gasteiger partial charge in [-0.05, 0) is 32.1 Å². The van der Waals surface area contributed by atoms with E-state index in [1.807, 2.05) is 0 Å². The van der Waals surface area contributed by atoms with Crippen molar-refractivity contribution in [1.82, 2.24) is 0 Å². The van der Waals surface area contributed by atoms with Gasteiger partial charge in [-0.2, -0.15) is 0 Å². The van der Waals surface area contributed by atoms with Crippen LogP contribution in [-0.4, -0.2) is 35.5 Å². The van der Waals surface area contributed by atoms with Crippen LogP contribution in [0.5, 0.6) is 0 Å². The summed E-state index contributed by atoms with van der Waals surface area (Å²) in [7, 11) is 0. The number of aliphatic hydroxyl groups excluding tert-OH is 2. The molecule has 0 aromatic heterocycles. The standard InChI is InChI=1S/C21H40O4/c1-2-3-4-5-6-7-8-9-10-11-12-13-14-15-16-17-21(24)25-20(18-22)19-23/h11-12,20,22-23H,2-10,13-19H2,1H3/b12-11-. The molecule has 0 unspecified atom stereocenters. The first-order chi connectivity index (χ1) is 12.2. The summed E-state index contributed by atoms with van der Waals surface area (Å²) < 4.78 is 4.92. The zero-order valence-corrected chi connectivity index (χ0v) is 16.3. The smallest absolute Gasteiger partial charge is 0.306 e. The second-order valence-corrected chi connectivity index (χ2v) is 6.81. The Balaban J connectivity index is 3.29. The summed E-state index contributed by atoms with van der Waals surface area (Å²) >= 11 is 0. The van der Waals surface area contributed by atoms with E-state index >= 15 is 0 Å². The maximum atomic E-state index is 11.4. The van der Waals surface area contributed by atoms with E-state index in [2.05, 4.69) is 19.1 Å². The van der Waals surface area contributed by atoms with Crippen molar-refractivity contribution in [3.63, 3.8) is 0 Å². The maximum absolute atomic E-state index is 11.4. The summed E-state index contributed by atoms with van der Waals surface area (Å²) in [6, 6.07) is 0. The normalized spacial score (nSPS) is 11.5. The Bertz CT molecular complexity index is 311. The van der Waals surface area contributed by atoms with Crippen molar-refractivity contribution in [2.45, 2.75) is 103 Å².